The Bertz CT molecular complexity index is 252. The zero-order chi connectivity index (χ0) is 9.68. The lowest BCUT2D eigenvalue weighted by Crippen LogP contribution is -2.21. The number of rotatable bonds is 4. The lowest BCUT2D eigenvalue weighted by Gasteiger charge is -2.06. The van der Waals surface area contributed by atoms with Crippen molar-refractivity contribution in [3.63, 3.8) is 0 Å². The first-order valence-electron chi connectivity index (χ1n) is 3.99. The Balaban J connectivity index is 2.41. The number of aliphatic hydroxyl groups excluding tert-OH is 1. The van der Waals surface area contributed by atoms with Crippen molar-refractivity contribution in [1.82, 2.24) is 0 Å². The number of hydrogen-bond acceptors (Lipinski definition) is 3. The normalized spacial score (nSPS) is 12.8. The highest BCUT2D eigenvalue weighted by atomic mass is 32.2. The number of aliphatic hydroxyl groups is 1. The maximum atomic E-state index is 12.5. The maximum Gasteiger partial charge on any atom is 0.123 e. The van der Waals surface area contributed by atoms with Gasteiger partial charge in [-0.3, -0.25) is 0 Å². The number of halogens is 1. The fraction of sp³-hybridized carbons (Fsp3) is 0.333. The Morgan fingerprint density at radius 1 is 1.38 bits per heavy atom. The van der Waals surface area contributed by atoms with Crippen molar-refractivity contribution in [3.8, 4) is 0 Å². The Morgan fingerprint density at radius 3 is 2.54 bits per heavy atom. The summed E-state index contributed by atoms with van der Waals surface area (Å²) in [6, 6.07) is 6.17. The molecule has 1 unspecified atom stereocenters. The van der Waals surface area contributed by atoms with Crippen LogP contribution in [-0.2, 0) is 0 Å². The Kier molecular flexibility index (Phi) is 4.21. The molecule has 2 nitrogen and oxygen atoms in total. The van der Waals surface area contributed by atoms with Crippen LogP contribution in [-0.4, -0.2) is 23.5 Å². The topological polar surface area (TPSA) is 46.2 Å². The van der Waals surface area contributed by atoms with Gasteiger partial charge in [0.2, 0.25) is 0 Å². The van der Waals surface area contributed by atoms with Crippen LogP contribution in [0.4, 0.5) is 4.39 Å². The van der Waals surface area contributed by atoms with Crippen LogP contribution < -0.4 is 5.73 Å². The molecular formula is C9H12FNOS. The van der Waals surface area contributed by atoms with E-state index in [0.29, 0.717) is 5.75 Å². The molecule has 0 aliphatic heterocycles. The molecule has 3 N–H and O–H groups in total. The fourth-order valence-corrected chi connectivity index (χ4v) is 1.64. The van der Waals surface area contributed by atoms with Gasteiger partial charge in [0.25, 0.3) is 0 Å². The second-order valence-electron chi connectivity index (χ2n) is 2.65. The van der Waals surface area contributed by atoms with Crippen LogP contribution in [0.25, 0.3) is 0 Å². The Morgan fingerprint density at radius 2 is 2.00 bits per heavy atom. The van der Waals surface area contributed by atoms with E-state index in [4.69, 9.17) is 10.8 Å². The minimum absolute atomic E-state index is 0.247. The molecule has 13 heavy (non-hydrogen) atoms. The highest BCUT2D eigenvalue weighted by Gasteiger charge is 2.01. The predicted molar refractivity (Wildman–Crippen MR) is 52.2 cm³/mol. The quantitative estimate of drug-likeness (QED) is 0.720. The third-order valence-electron chi connectivity index (χ3n) is 1.53. The van der Waals surface area contributed by atoms with Gasteiger partial charge in [-0.15, -0.1) is 11.8 Å². The van der Waals surface area contributed by atoms with Gasteiger partial charge in [0.05, 0.1) is 6.10 Å². The monoisotopic (exact) mass is 201 g/mol. The van der Waals surface area contributed by atoms with E-state index in [1.807, 2.05) is 0 Å². The number of hydrogen-bond donors (Lipinski definition) is 2. The molecule has 0 aliphatic rings. The standard InChI is InChI=1S/C9H12FNOS/c10-7-1-3-9(4-2-7)13-6-8(12)5-11/h1-4,8,12H,5-6,11H2. The molecule has 0 saturated carbocycles. The fourth-order valence-electron chi connectivity index (χ4n) is 0.791. The van der Waals surface area contributed by atoms with Gasteiger partial charge >= 0.3 is 0 Å². The molecule has 1 rings (SSSR count). The summed E-state index contributed by atoms with van der Waals surface area (Å²) in [6.07, 6.45) is -0.491. The SMILES string of the molecule is NCC(O)CSc1ccc(F)cc1. The summed E-state index contributed by atoms with van der Waals surface area (Å²) in [5.41, 5.74) is 5.24. The van der Waals surface area contributed by atoms with Crippen LogP contribution in [0, 0.1) is 5.82 Å². The zero-order valence-corrected chi connectivity index (χ0v) is 7.93. The average Bonchev–Trinajstić information content (AvgIpc) is 2.16. The molecule has 1 aromatic rings. The van der Waals surface area contributed by atoms with E-state index in [1.54, 1.807) is 12.1 Å². The summed E-state index contributed by atoms with van der Waals surface area (Å²) in [7, 11) is 0. The van der Waals surface area contributed by atoms with E-state index in [9.17, 15) is 4.39 Å². The van der Waals surface area contributed by atoms with Gasteiger partial charge in [-0.25, -0.2) is 4.39 Å². The van der Waals surface area contributed by atoms with Crippen LogP contribution >= 0.6 is 11.8 Å². The van der Waals surface area contributed by atoms with E-state index in [-0.39, 0.29) is 12.4 Å². The molecule has 1 atom stereocenters. The summed E-state index contributed by atoms with van der Waals surface area (Å²) in [5.74, 6) is 0.297. The van der Waals surface area contributed by atoms with Crippen molar-refractivity contribution in [3.05, 3.63) is 30.1 Å². The minimum Gasteiger partial charge on any atom is -0.391 e. The highest BCUT2D eigenvalue weighted by Crippen LogP contribution is 2.18. The largest absolute Gasteiger partial charge is 0.391 e. The Labute approximate surface area is 80.9 Å². The third kappa shape index (κ3) is 3.76. The number of nitrogens with two attached hydrogens (primary N) is 1. The molecule has 0 aliphatic carbocycles. The number of benzene rings is 1. The van der Waals surface area contributed by atoms with Crippen molar-refractivity contribution in [1.29, 1.82) is 0 Å². The lowest BCUT2D eigenvalue weighted by atomic mass is 10.3. The summed E-state index contributed by atoms with van der Waals surface area (Å²) < 4.78 is 12.5. The van der Waals surface area contributed by atoms with Crippen LogP contribution in [0.1, 0.15) is 0 Å². The average molecular weight is 201 g/mol. The molecule has 4 heteroatoms. The van der Waals surface area contributed by atoms with Gasteiger partial charge in [0.1, 0.15) is 5.82 Å². The molecule has 0 saturated heterocycles. The van der Waals surface area contributed by atoms with Gasteiger partial charge in [0, 0.05) is 17.2 Å². The van der Waals surface area contributed by atoms with Crippen LogP contribution in [0.3, 0.4) is 0 Å². The predicted octanol–water partition coefficient (Wildman–Crippen LogP) is 1.24. The second kappa shape index (κ2) is 5.21. The number of thioether (sulfide) groups is 1. The zero-order valence-electron chi connectivity index (χ0n) is 7.11. The molecule has 0 bridgehead atoms. The third-order valence-corrected chi connectivity index (χ3v) is 2.69. The van der Waals surface area contributed by atoms with Gasteiger partial charge in [-0.1, -0.05) is 0 Å². The molecule has 0 spiro atoms. The van der Waals surface area contributed by atoms with Crippen molar-refractivity contribution >= 4 is 11.8 Å². The molecular weight excluding hydrogens is 189 g/mol. The van der Waals surface area contributed by atoms with Gasteiger partial charge in [-0.2, -0.15) is 0 Å². The van der Waals surface area contributed by atoms with Crippen LogP contribution in [0.5, 0.6) is 0 Å². The van der Waals surface area contributed by atoms with Crippen molar-refractivity contribution in [2.24, 2.45) is 5.73 Å². The van der Waals surface area contributed by atoms with E-state index < -0.39 is 6.10 Å². The molecule has 0 fully saturated rings. The smallest absolute Gasteiger partial charge is 0.123 e. The van der Waals surface area contributed by atoms with E-state index in [0.717, 1.165) is 4.90 Å². The first-order chi connectivity index (χ1) is 6.22. The van der Waals surface area contributed by atoms with E-state index in [1.165, 1.54) is 23.9 Å². The first-order valence-corrected chi connectivity index (χ1v) is 4.97. The van der Waals surface area contributed by atoms with Crippen LogP contribution in [0.2, 0.25) is 0 Å². The van der Waals surface area contributed by atoms with Gasteiger partial charge in [0.15, 0.2) is 0 Å². The van der Waals surface area contributed by atoms with E-state index >= 15 is 0 Å². The lowest BCUT2D eigenvalue weighted by molar-refractivity contribution is 0.208. The molecule has 0 amide bonds. The minimum atomic E-state index is -0.491. The van der Waals surface area contributed by atoms with Crippen molar-refractivity contribution in [2.75, 3.05) is 12.3 Å². The second-order valence-corrected chi connectivity index (χ2v) is 3.75. The summed E-state index contributed by atoms with van der Waals surface area (Å²) in [6.45, 7) is 0.258. The molecule has 0 heterocycles. The Hall–Kier alpha value is -0.580. The van der Waals surface area contributed by atoms with Gasteiger partial charge in [-0.05, 0) is 24.3 Å². The van der Waals surface area contributed by atoms with Crippen LogP contribution in [0.15, 0.2) is 29.2 Å². The molecule has 72 valence electrons. The molecule has 1 aromatic carbocycles. The van der Waals surface area contributed by atoms with Gasteiger partial charge < -0.3 is 10.8 Å². The first kappa shape index (κ1) is 10.5. The highest BCUT2D eigenvalue weighted by molar-refractivity contribution is 7.99. The van der Waals surface area contributed by atoms with Crippen molar-refractivity contribution < 1.29 is 9.50 Å². The molecule has 0 aromatic heterocycles. The summed E-state index contributed by atoms with van der Waals surface area (Å²) in [4.78, 5) is 0.939. The van der Waals surface area contributed by atoms with Crippen molar-refractivity contribution in [2.45, 2.75) is 11.0 Å². The summed E-state index contributed by atoms with van der Waals surface area (Å²) >= 11 is 1.47. The van der Waals surface area contributed by atoms with E-state index in [2.05, 4.69) is 0 Å². The summed E-state index contributed by atoms with van der Waals surface area (Å²) in [5, 5.41) is 9.15. The maximum absolute atomic E-state index is 12.5. The molecule has 0 radical (unpaired) electrons.